The van der Waals surface area contributed by atoms with Gasteiger partial charge in [0.1, 0.15) is 11.6 Å². The number of aromatic nitrogens is 2. The number of benzene rings is 1. The summed E-state index contributed by atoms with van der Waals surface area (Å²) in [7, 11) is 3.62. The van der Waals surface area contributed by atoms with Gasteiger partial charge in [-0.05, 0) is 61.9 Å². The summed E-state index contributed by atoms with van der Waals surface area (Å²) in [6, 6.07) is 18.7. The van der Waals surface area contributed by atoms with Crippen molar-refractivity contribution >= 4 is 5.82 Å². The van der Waals surface area contributed by atoms with Crippen molar-refractivity contribution in [3.05, 3.63) is 72.1 Å². The van der Waals surface area contributed by atoms with Gasteiger partial charge in [0.05, 0.1) is 12.8 Å². The fraction of sp³-hybridized carbons (Fsp3) is 0.333. The summed E-state index contributed by atoms with van der Waals surface area (Å²) >= 11 is 0. The second-order valence-electron chi connectivity index (χ2n) is 7.51. The Balaban J connectivity index is 1.49. The molecule has 150 valence electrons. The minimum atomic E-state index is 0.455. The molecule has 1 atom stereocenters. The number of nitrogens with one attached hydrogen (secondary N) is 1. The van der Waals surface area contributed by atoms with Crippen LogP contribution < -0.4 is 10.1 Å². The lowest BCUT2D eigenvalue weighted by Gasteiger charge is -2.33. The lowest BCUT2D eigenvalue weighted by Crippen LogP contribution is -2.34. The number of anilines is 1. The molecule has 5 heteroatoms. The predicted octanol–water partition coefficient (Wildman–Crippen LogP) is 4.57. The summed E-state index contributed by atoms with van der Waals surface area (Å²) in [6.45, 7) is 3.06. The van der Waals surface area contributed by atoms with Crippen molar-refractivity contribution in [3.8, 4) is 17.0 Å². The molecule has 1 aliphatic heterocycles. The van der Waals surface area contributed by atoms with E-state index in [0.29, 0.717) is 5.92 Å². The van der Waals surface area contributed by atoms with E-state index in [2.05, 4.69) is 51.6 Å². The fourth-order valence-electron chi connectivity index (χ4n) is 4.07. The first-order chi connectivity index (χ1) is 14.3. The van der Waals surface area contributed by atoms with Crippen LogP contribution in [0.4, 0.5) is 5.82 Å². The molecule has 3 heterocycles. The first-order valence-electron chi connectivity index (χ1n) is 10.2. The first kappa shape index (κ1) is 19.4. The fourth-order valence-corrected chi connectivity index (χ4v) is 4.07. The monoisotopic (exact) mass is 388 g/mol. The highest BCUT2D eigenvalue weighted by Gasteiger charge is 2.23. The maximum absolute atomic E-state index is 5.27. The van der Waals surface area contributed by atoms with Gasteiger partial charge in [0.15, 0.2) is 0 Å². The summed E-state index contributed by atoms with van der Waals surface area (Å²) < 4.78 is 5.27. The van der Waals surface area contributed by atoms with Crippen molar-refractivity contribution in [2.45, 2.75) is 25.3 Å². The zero-order valence-corrected chi connectivity index (χ0v) is 17.1. The molecule has 0 amide bonds. The molecule has 29 heavy (non-hydrogen) atoms. The molecule has 0 radical (unpaired) electrons. The Bertz CT molecular complexity index is 942. The van der Waals surface area contributed by atoms with Crippen molar-refractivity contribution in [2.24, 2.45) is 0 Å². The van der Waals surface area contributed by atoms with Crippen LogP contribution in [0.3, 0.4) is 0 Å². The first-order valence-corrected chi connectivity index (χ1v) is 10.2. The van der Waals surface area contributed by atoms with E-state index in [4.69, 9.17) is 9.72 Å². The number of rotatable bonds is 6. The molecule has 4 rings (SSSR count). The van der Waals surface area contributed by atoms with Crippen LogP contribution in [0.1, 0.15) is 30.0 Å². The van der Waals surface area contributed by atoms with Gasteiger partial charge in [-0.2, -0.15) is 0 Å². The Morgan fingerprint density at radius 1 is 1.10 bits per heavy atom. The lowest BCUT2D eigenvalue weighted by atomic mass is 9.93. The van der Waals surface area contributed by atoms with Gasteiger partial charge in [-0.3, -0.25) is 9.88 Å². The zero-order chi connectivity index (χ0) is 20.1. The van der Waals surface area contributed by atoms with E-state index in [1.807, 2.05) is 31.4 Å². The number of ether oxygens (including phenoxy) is 1. The van der Waals surface area contributed by atoms with Crippen LogP contribution in [0.25, 0.3) is 11.3 Å². The molecule has 1 N–H and O–H groups in total. The van der Waals surface area contributed by atoms with E-state index >= 15 is 0 Å². The van der Waals surface area contributed by atoms with Gasteiger partial charge in [-0.1, -0.05) is 12.1 Å². The minimum Gasteiger partial charge on any atom is -0.497 e. The van der Waals surface area contributed by atoms with E-state index in [1.54, 1.807) is 7.11 Å². The van der Waals surface area contributed by atoms with Crippen LogP contribution in [-0.2, 0) is 6.54 Å². The van der Waals surface area contributed by atoms with E-state index in [-0.39, 0.29) is 0 Å². The highest BCUT2D eigenvalue weighted by molar-refractivity contribution is 5.60. The Labute approximate surface area is 172 Å². The summed E-state index contributed by atoms with van der Waals surface area (Å²) in [5.41, 5.74) is 4.57. The van der Waals surface area contributed by atoms with Crippen LogP contribution >= 0.6 is 0 Å². The third-order valence-electron chi connectivity index (χ3n) is 5.60. The zero-order valence-electron chi connectivity index (χ0n) is 17.1. The van der Waals surface area contributed by atoms with Crippen molar-refractivity contribution < 1.29 is 4.74 Å². The average Bonchev–Trinajstić information content (AvgIpc) is 2.80. The maximum Gasteiger partial charge on any atom is 0.130 e. The number of nitrogens with zero attached hydrogens (tertiary/aromatic N) is 3. The average molecular weight is 389 g/mol. The van der Waals surface area contributed by atoms with Crippen molar-refractivity contribution in [3.63, 3.8) is 0 Å². The van der Waals surface area contributed by atoms with Gasteiger partial charge < -0.3 is 10.1 Å². The number of methoxy groups -OCH3 is 1. The van der Waals surface area contributed by atoms with Gasteiger partial charge in [0, 0.05) is 49.1 Å². The van der Waals surface area contributed by atoms with Gasteiger partial charge in [0.25, 0.3) is 0 Å². The Morgan fingerprint density at radius 2 is 1.97 bits per heavy atom. The van der Waals surface area contributed by atoms with Gasteiger partial charge in [-0.25, -0.2) is 4.98 Å². The standard InChI is InChI=1S/C24H28N4O/c1-25-24-20(6-4-14-26-24)17-28-15-5-7-19(16-28)23-9-3-8-22(27-23)18-10-12-21(29-2)13-11-18/h3-4,6,8-14,19H,5,7,15-17H2,1-2H3,(H,25,26)/t19-/m0/s1. The van der Waals surface area contributed by atoms with Crippen LogP contribution in [0.2, 0.25) is 0 Å². The molecular weight excluding hydrogens is 360 g/mol. The molecule has 0 bridgehead atoms. The molecule has 0 unspecified atom stereocenters. The predicted molar refractivity (Wildman–Crippen MR) is 117 cm³/mol. The molecule has 1 aliphatic rings. The van der Waals surface area contributed by atoms with Crippen molar-refractivity contribution in [2.75, 3.05) is 32.6 Å². The van der Waals surface area contributed by atoms with E-state index < -0.39 is 0 Å². The third-order valence-corrected chi connectivity index (χ3v) is 5.60. The minimum absolute atomic E-state index is 0.455. The molecule has 0 aliphatic carbocycles. The van der Waals surface area contributed by atoms with Crippen LogP contribution in [0, 0.1) is 0 Å². The van der Waals surface area contributed by atoms with Gasteiger partial charge in [0.2, 0.25) is 0 Å². The van der Waals surface area contributed by atoms with Crippen molar-refractivity contribution in [1.29, 1.82) is 0 Å². The normalized spacial score (nSPS) is 17.1. The second-order valence-corrected chi connectivity index (χ2v) is 7.51. The molecular formula is C24H28N4O. The molecule has 1 fully saturated rings. The summed E-state index contributed by atoms with van der Waals surface area (Å²) in [4.78, 5) is 12.0. The van der Waals surface area contributed by atoms with Crippen LogP contribution in [0.15, 0.2) is 60.8 Å². The Morgan fingerprint density at radius 3 is 2.76 bits per heavy atom. The molecule has 5 nitrogen and oxygen atoms in total. The highest BCUT2D eigenvalue weighted by Crippen LogP contribution is 2.29. The summed E-state index contributed by atoms with van der Waals surface area (Å²) in [5, 5.41) is 3.20. The van der Waals surface area contributed by atoms with E-state index in [0.717, 1.165) is 42.5 Å². The quantitative estimate of drug-likeness (QED) is 0.670. The number of likely N-dealkylation sites (tertiary alicyclic amines) is 1. The number of hydrogen-bond acceptors (Lipinski definition) is 5. The molecule has 0 spiro atoms. The Hall–Kier alpha value is -2.92. The molecule has 1 aromatic carbocycles. The molecule has 1 saturated heterocycles. The topological polar surface area (TPSA) is 50.3 Å². The SMILES string of the molecule is CNc1ncccc1CN1CCC[C@H](c2cccc(-c3ccc(OC)cc3)n2)C1. The third kappa shape index (κ3) is 4.57. The number of piperidine rings is 1. The smallest absolute Gasteiger partial charge is 0.130 e. The highest BCUT2D eigenvalue weighted by atomic mass is 16.5. The van der Waals surface area contributed by atoms with Crippen LogP contribution in [-0.4, -0.2) is 42.1 Å². The second kappa shape index (κ2) is 9.05. The van der Waals surface area contributed by atoms with Crippen LogP contribution in [0.5, 0.6) is 5.75 Å². The van der Waals surface area contributed by atoms with Gasteiger partial charge >= 0.3 is 0 Å². The van der Waals surface area contributed by atoms with Gasteiger partial charge in [-0.15, -0.1) is 0 Å². The molecule has 3 aromatic rings. The van der Waals surface area contributed by atoms with E-state index in [1.165, 1.54) is 24.1 Å². The molecule has 0 saturated carbocycles. The summed E-state index contributed by atoms with van der Waals surface area (Å²) in [6.07, 6.45) is 4.21. The van der Waals surface area contributed by atoms with Crippen molar-refractivity contribution in [1.82, 2.24) is 14.9 Å². The largest absolute Gasteiger partial charge is 0.497 e. The molecule has 2 aromatic heterocycles. The summed E-state index contributed by atoms with van der Waals surface area (Å²) in [5.74, 6) is 2.29. The Kier molecular flexibility index (Phi) is 6.06. The maximum atomic E-state index is 5.27. The lowest BCUT2D eigenvalue weighted by molar-refractivity contribution is 0.198. The number of hydrogen-bond donors (Lipinski definition) is 1. The number of pyridine rings is 2. The van der Waals surface area contributed by atoms with E-state index in [9.17, 15) is 0 Å².